The van der Waals surface area contributed by atoms with Crippen molar-refractivity contribution in [2.75, 3.05) is 0 Å². The van der Waals surface area contributed by atoms with Crippen molar-refractivity contribution in [2.45, 2.75) is 13.0 Å². The predicted octanol–water partition coefficient (Wildman–Crippen LogP) is 2.57. The van der Waals surface area contributed by atoms with Crippen LogP contribution in [0.4, 0.5) is 0 Å². The molecule has 0 aliphatic rings. The lowest BCUT2D eigenvalue weighted by Gasteiger charge is -2.14. The van der Waals surface area contributed by atoms with E-state index in [9.17, 15) is 5.11 Å². The van der Waals surface area contributed by atoms with Crippen LogP contribution in [0.3, 0.4) is 0 Å². The van der Waals surface area contributed by atoms with Crippen LogP contribution in [0.1, 0.15) is 23.1 Å². The summed E-state index contributed by atoms with van der Waals surface area (Å²) in [5, 5.41) is 10.3. The first kappa shape index (κ1) is 11.4. The largest absolute Gasteiger partial charge is 0.380 e. The van der Waals surface area contributed by atoms with Crippen LogP contribution in [0.15, 0.2) is 35.1 Å². The van der Waals surface area contributed by atoms with E-state index in [0.717, 1.165) is 15.6 Å². The van der Waals surface area contributed by atoms with Crippen molar-refractivity contribution >= 4 is 15.9 Å². The minimum atomic E-state index is -0.683. The van der Waals surface area contributed by atoms with E-state index >= 15 is 0 Å². The Labute approximate surface area is 103 Å². The van der Waals surface area contributed by atoms with Crippen molar-refractivity contribution in [3.8, 4) is 0 Å². The molecule has 0 radical (unpaired) electrons. The van der Waals surface area contributed by atoms with Gasteiger partial charge in [-0.3, -0.25) is 0 Å². The van der Waals surface area contributed by atoms with E-state index in [0.29, 0.717) is 5.82 Å². The molecule has 0 amide bonds. The number of rotatable bonds is 2. The lowest BCUT2D eigenvalue weighted by Crippen LogP contribution is -2.08. The SMILES string of the molecule is Cc1ccc(Br)cc1C(O)c1nccn1C. The minimum absolute atomic E-state index is 0.654. The van der Waals surface area contributed by atoms with Crippen molar-refractivity contribution in [1.82, 2.24) is 9.55 Å². The van der Waals surface area contributed by atoms with Gasteiger partial charge in [-0.2, -0.15) is 0 Å². The molecule has 2 rings (SSSR count). The summed E-state index contributed by atoms with van der Waals surface area (Å²) in [5.41, 5.74) is 1.93. The van der Waals surface area contributed by atoms with E-state index < -0.39 is 6.10 Å². The summed E-state index contributed by atoms with van der Waals surface area (Å²) in [5.74, 6) is 0.654. The summed E-state index contributed by atoms with van der Waals surface area (Å²) >= 11 is 3.41. The summed E-state index contributed by atoms with van der Waals surface area (Å²) in [4.78, 5) is 4.16. The maximum Gasteiger partial charge on any atom is 0.142 e. The molecule has 0 aliphatic heterocycles. The molecule has 0 bridgehead atoms. The Morgan fingerprint density at radius 1 is 1.44 bits per heavy atom. The zero-order valence-corrected chi connectivity index (χ0v) is 10.8. The quantitative estimate of drug-likeness (QED) is 0.918. The summed E-state index contributed by atoms with van der Waals surface area (Å²) in [6.45, 7) is 1.98. The number of nitrogens with zero attached hydrogens (tertiary/aromatic N) is 2. The number of aliphatic hydroxyl groups is 1. The van der Waals surface area contributed by atoms with Crippen LogP contribution >= 0.6 is 15.9 Å². The van der Waals surface area contributed by atoms with Gasteiger partial charge in [0.2, 0.25) is 0 Å². The molecular weight excluding hydrogens is 268 g/mol. The van der Waals surface area contributed by atoms with E-state index in [-0.39, 0.29) is 0 Å². The fourth-order valence-corrected chi connectivity index (χ4v) is 2.06. The highest BCUT2D eigenvalue weighted by Crippen LogP contribution is 2.26. The van der Waals surface area contributed by atoms with Gasteiger partial charge in [0.1, 0.15) is 11.9 Å². The first-order valence-electron chi connectivity index (χ1n) is 5.01. The number of benzene rings is 1. The number of imidazole rings is 1. The molecule has 4 heteroatoms. The first-order valence-corrected chi connectivity index (χ1v) is 5.80. The Kier molecular flexibility index (Phi) is 3.12. The maximum atomic E-state index is 10.3. The minimum Gasteiger partial charge on any atom is -0.380 e. The maximum absolute atomic E-state index is 10.3. The Hall–Kier alpha value is -1.13. The van der Waals surface area contributed by atoms with Crippen molar-refractivity contribution in [2.24, 2.45) is 7.05 Å². The standard InChI is InChI=1S/C12H13BrN2O/c1-8-3-4-9(13)7-10(8)11(16)12-14-5-6-15(12)2/h3-7,11,16H,1-2H3. The predicted molar refractivity (Wildman–Crippen MR) is 66.1 cm³/mol. The molecule has 0 fully saturated rings. The highest BCUT2D eigenvalue weighted by Gasteiger charge is 2.16. The Bertz CT molecular complexity index is 507. The molecule has 84 valence electrons. The molecule has 1 heterocycles. The normalized spacial score (nSPS) is 12.8. The number of halogens is 1. The fourth-order valence-electron chi connectivity index (χ4n) is 1.69. The summed E-state index contributed by atoms with van der Waals surface area (Å²) in [6.07, 6.45) is 2.83. The van der Waals surface area contributed by atoms with E-state index in [2.05, 4.69) is 20.9 Å². The van der Waals surface area contributed by atoms with Crippen LogP contribution in [-0.4, -0.2) is 14.7 Å². The Morgan fingerprint density at radius 2 is 2.19 bits per heavy atom. The fraction of sp³-hybridized carbons (Fsp3) is 0.250. The second-order valence-corrected chi connectivity index (χ2v) is 4.72. The molecule has 0 spiro atoms. The van der Waals surface area contributed by atoms with Gasteiger partial charge in [-0.25, -0.2) is 4.98 Å². The topological polar surface area (TPSA) is 38.1 Å². The van der Waals surface area contributed by atoms with E-state index in [4.69, 9.17) is 0 Å². The van der Waals surface area contributed by atoms with Crippen molar-refractivity contribution in [3.05, 3.63) is 52.0 Å². The number of hydrogen-bond donors (Lipinski definition) is 1. The average molecular weight is 281 g/mol. The van der Waals surface area contributed by atoms with Gasteiger partial charge in [-0.15, -0.1) is 0 Å². The first-order chi connectivity index (χ1) is 7.59. The lowest BCUT2D eigenvalue weighted by atomic mass is 10.0. The van der Waals surface area contributed by atoms with Crippen LogP contribution in [0.2, 0.25) is 0 Å². The number of aryl methyl sites for hydroxylation is 2. The van der Waals surface area contributed by atoms with Crippen LogP contribution in [0.5, 0.6) is 0 Å². The Balaban J connectivity index is 2.45. The third-order valence-electron chi connectivity index (χ3n) is 2.64. The molecule has 1 unspecified atom stereocenters. The Morgan fingerprint density at radius 3 is 2.81 bits per heavy atom. The highest BCUT2D eigenvalue weighted by molar-refractivity contribution is 9.10. The molecule has 3 nitrogen and oxygen atoms in total. The monoisotopic (exact) mass is 280 g/mol. The van der Waals surface area contributed by atoms with Gasteiger partial charge >= 0.3 is 0 Å². The molecule has 1 aromatic carbocycles. The van der Waals surface area contributed by atoms with E-state index in [1.807, 2.05) is 42.9 Å². The summed E-state index contributed by atoms with van der Waals surface area (Å²) in [6, 6.07) is 5.87. The van der Waals surface area contributed by atoms with Crippen molar-refractivity contribution in [1.29, 1.82) is 0 Å². The van der Waals surface area contributed by atoms with Crippen LogP contribution in [0.25, 0.3) is 0 Å². The number of aromatic nitrogens is 2. The third-order valence-corrected chi connectivity index (χ3v) is 3.13. The third kappa shape index (κ3) is 2.03. The van der Waals surface area contributed by atoms with Gasteiger partial charge in [0, 0.05) is 23.9 Å². The van der Waals surface area contributed by atoms with Gasteiger partial charge in [0.15, 0.2) is 0 Å². The van der Waals surface area contributed by atoms with E-state index in [1.54, 1.807) is 6.20 Å². The van der Waals surface area contributed by atoms with Crippen LogP contribution in [0, 0.1) is 6.92 Å². The van der Waals surface area contributed by atoms with Gasteiger partial charge < -0.3 is 9.67 Å². The molecule has 2 aromatic rings. The smallest absolute Gasteiger partial charge is 0.142 e. The molecule has 1 N–H and O–H groups in total. The molecule has 0 saturated heterocycles. The number of aliphatic hydroxyl groups excluding tert-OH is 1. The second-order valence-electron chi connectivity index (χ2n) is 3.80. The van der Waals surface area contributed by atoms with Crippen molar-refractivity contribution < 1.29 is 5.11 Å². The van der Waals surface area contributed by atoms with E-state index in [1.165, 1.54) is 0 Å². The molecule has 16 heavy (non-hydrogen) atoms. The second kappa shape index (κ2) is 4.39. The van der Waals surface area contributed by atoms with Gasteiger partial charge in [-0.05, 0) is 30.2 Å². The molecule has 1 aromatic heterocycles. The summed E-state index contributed by atoms with van der Waals surface area (Å²) in [7, 11) is 1.87. The lowest BCUT2D eigenvalue weighted by molar-refractivity contribution is 0.205. The number of hydrogen-bond acceptors (Lipinski definition) is 2. The summed E-state index contributed by atoms with van der Waals surface area (Å²) < 4.78 is 2.78. The van der Waals surface area contributed by atoms with Gasteiger partial charge in [-0.1, -0.05) is 22.0 Å². The zero-order chi connectivity index (χ0) is 11.7. The van der Waals surface area contributed by atoms with Crippen molar-refractivity contribution in [3.63, 3.8) is 0 Å². The molecule has 0 saturated carbocycles. The van der Waals surface area contributed by atoms with Crippen LogP contribution in [-0.2, 0) is 7.05 Å². The zero-order valence-electron chi connectivity index (χ0n) is 9.18. The molecule has 0 aliphatic carbocycles. The van der Waals surface area contributed by atoms with Gasteiger partial charge in [0.25, 0.3) is 0 Å². The van der Waals surface area contributed by atoms with Gasteiger partial charge in [0.05, 0.1) is 0 Å². The average Bonchev–Trinajstić information content (AvgIpc) is 2.67. The molecule has 1 atom stereocenters. The highest BCUT2D eigenvalue weighted by atomic mass is 79.9. The molecular formula is C12H13BrN2O. The van der Waals surface area contributed by atoms with Crippen LogP contribution < -0.4 is 0 Å².